The molecule has 9 atom stereocenters. The van der Waals surface area contributed by atoms with Crippen LogP contribution in [0.2, 0.25) is 0 Å². The Labute approximate surface area is 171 Å². The van der Waals surface area contributed by atoms with Gasteiger partial charge in [0.2, 0.25) is 0 Å². The normalized spacial score (nSPS) is 52.1. The van der Waals surface area contributed by atoms with Crippen molar-refractivity contribution >= 4 is 0 Å². The molecular formula is C24H43NO3. The summed E-state index contributed by atoms with van der Waals surface area (Å²) in [5.41, 5.74) is 7.95. The molecule has 4 saturated carbocycles. The van der Waals surface area contributed by atoms with Crippen LogP contribution in [0.5, 0.6) is 0 Å². The summed E-state index contributed by atoms with van der Waals surface area (Å²) in [6, 6.07) is 0. The van der Waals surface area contributed by atoms with E-state index in [2.05, 4.69) is 20.8 Å². The second-order valence-corrected chi connectivity index (χ2v) is 11.7. The lowest BCUT2D eigenvalue weighted by atomic mass is 9.41. The van der Waals surface area contributed by atoms with Crippen molar-refractivity contribution in [2.24, 2.45) is 46.2 Å². The molecular weight excluding hydrogens is 350 g/mol. The molecule has 0 aromatic heterocycles. The van der Waals surface area contributed by atoms with Crippen molar-refractivity contribution in [3.63, 3.8) is 0 Å². The molecule has 0 aromatic rings. The Morgan fingerprint density at radius 2 is 1.57 bits per heavy atom. The van der Waals surface area contributed by atoms with Gasteiger partial charge in [0.1, 0.15) is 0 Å². The lowest BCUT2D eigenvalue weighted by Gasteiger charge is -2.65. The van der Waals surface area contributed by atoms with Crippen LogP contribution in [0, 0.1) is 40.4 Å². The van der Waals surface area contributed by atoms with Crippen LogP contribution in [-0.2, 0) is 0 Å². The monoisotopic (exact) mass is 393 g/mol. The Morgan fingerprint density at radius 1 is 0.893 bits per heavy atom. The van der Waals surface area contributed by atoms with Crippen LogP contribution in [0.25, 0.3) is 0 Å². The Balaban J connectivity index is 1.56. The Bertz CT molecular complexity index is 582. The first-order valence-corrected chi connectivity index (χ1v) is 11.9. The molecule has 0 aromatic carbocycles. The third kappa shape index (κ3) is 3.09. The van der Waals surface area contributed by atoms with E-state index < -0.39 is 6.29 Å². The molecule has 4 nitrogen and oxygen atoms in total. The SMILES string of the molecule is C[C@H](CCC(O)O)C1CC[C@H]2[C@]3(N)CC[C@@H]4C[C@@H](O)CC[C@]4(C)[C@H]3CC[C@]12C. The summed E-state index contributed by atoms with van der Waals surface area (Å²) in [7, 11) is 0. The van der Waals surface area contributed by atoms with E-state index in [-0.39, 0.29) is 11.6 Å². The van der Waals surface area contributed by atoms with Gasteiger partial charge < -0.3 is 21.1 Å². The topological polar surface area (TPSA) is 86.7 Å². The van der Waals surface area contributed by atoms with Gasteiger partial charge in [0.15, 0.2) is 6.29 Å². The highest BCUT2D eigenvalue weighted by Gasteiger charge is 2.65. The molecule has 0 heterocycles. The molecule has 0 spiro atoms. The minimum absolute atomic E-state index is 0.0501. The standard InChI is InChI=1S/C24H43NO3/c1-15(4-7-21(27)28)18-5-6-19-23(18,3)12-10-20-22(2)11-9-17(26)14-16(22)8-13-24(19,20)25/h15-21,26-28H,4-14,25H2,1-3H3/t15-,16-,17+,18?,19-,20-,22+,23-,24-/m1/s1. The molecule has 1 unspecified atom stereocenters. The van der Waals surface area contributed by atoms with Crippen molar-refractivity contribution in [1.29, 1.82) is 0 Å². The lowest BCUT2D eigenvalue weighted by Crippen LogP contribution is -2.68. The molecule has 4 aliphatic carbocycles. The number of hydrogen-bond donors (Lipinski definition) is 4. The zero-order valence-electron chi connectivity index (χ0n) is 18.2. The second kappa shape index (κ2) is 7.21. The average Bonchev–Trinajstić information content (AvgIpc) is 2.99. The van der Waals surface area contributed by atoms with Crippen LogP contribution in [0.4, 0.5) is 0 Å². The quantitative estimate of drug-likeness (QED) is 0.547. The first kappa shape index (κ1) is 21.1. The molecule has 4 heteroatoms. The van der Waals surface area contributed by atoms with E-state index in [0.29, 0.717) is 46.8 Å². The van der Waals surface area contributed by atoms with Crippen molar-refractivity contribution in [2.75, 3.05) is 0 Å². The van der Waals surface area contributed by atoms with Gasteiger partial charge >= 0.3 is 0 Å². The van der Waals surface area contributed by atoms with Gasteiger partial charge in [-0.15, -0.1) is 0 Å². The predicted molar refractivity (Wildman–Crippen MR) is 111 cm³/mol. The average molecular weight is 394 g/mol. The highest BCUT2D eigenvalue weighted by molar-refractivity contribution is 5.18. The number of hydrogen-bond acceptors (Lipinski definition) is 4. The van der Waals surface area contributed by atoms with E-state index in [0.717, 1.165) is 32.1 Å². The van der Waals surface area contributed by atoms with Crippen LogP contribution in [0.3, 0.4) is 0 Å². The van der Waals surface area contributed by atoms with Crippen LogP contribution in [0.1, 0.15) is 91.4 Å². The van der Waals surface area contributed by atoms with Gasteiger partial charge in [-0.2, -0.15) is 0 Å². The Hall–Kier alpha value is -0.160. The molecule has 162 valence electrons. The minimum Gasteiger partial charge on any atom is -0.393 e. The number of fused-ring (bicyclic) bond motifs is 5. The number of rotatable bonds is 4. The fraction of sp³-hybridized carbons (Fsp3) is 1.00. The highest BCUT2D eigenvalue weighted by atomic mass is 16.5. The van der Waals surface area contributed by atoms with E-state index >= 15 is 0 Å². The van der Waals surface area contributed by atoms with Crippen molar-refractivity contribution in [3.8, 4) is 0 Å². The van der Waals surface area contributed by atoms with Crippen molar-refractivity contribution in [2.45, 2.75) is 109 Å². The van der Waals surface area contributed by atoms with Gasteiger partial charge in [-0.1, -0.05) is 20.8 Å². The van der Waals surface area contributed by atoms with E-state index in [1.165, 1.54) is 32.1 Å². The van der Waals surface area contributed by atoms with Crippen LogP contribution >= 0.6 is 0 Å². The maximum atomic E-state index is 10.2. The molecule has 0 saturated heterocycles. The summed E-state index contributed by atoms with van der Waals surface area (Å²) in [6.07, 6.45) is 10.5. The van der Waals surface area contributed by atoms with E-state index in [1.807, 2.05) is 0 Å². The van der Waals surface area contributed by atoms with Crippen molar-refractivity contribution in [1.82, 2.24) is 0 Å². The first-order valence-electron chi connectivity index (χ1n) is 11.9. The summed E-state index contributed by atoms with van der Waals surface area (Å²) in [6.45, 7) is 7.32. The molecule has 0 radical (unpaired) electrons. The summed E-state index contributed by atoms with van der Waals surface area (Å²) in [5.74, 6) is 3.00. The van der Waals surface area contributed by atoms with Gasteiger partial charge in [-0.25, -0.2) is 0 Å². The molecule has 4 rings (SSSR count). The smallest absolute Gasteiger partial charge is 0.151 e. The highest BCUT2D eigenvalue weighted by Crippen LogP contribution is 2.69. The fourth-order valence-corrected chi connectivity index (χ4v) is 9.04. The zero-order chi connectivity index (χ0) is 20.3. The number of aliphatic hydroxyl groups is 3. The third-order valence-electron chi connectivity index (χ3n) is 10.5. The van der Waals surface area contributed by atoms with Crippen molar-refractivity contribution in [3.05, 3.63) is 0 Å². The lowest BCUT2D eigenvalue weighted by molar-refractivity contribution is -0.142. The predicted octanol–water partition coefficient (Wildman–Crippen LogP) is 3.81. The maximum absolute atomic E-state index is 10.2. The third-order valence-corrected chi connectivity index (χ3v) is 10.5. The van der Waals surface area contributed by atoms with Gasteiger partial charge in [0, 0.05) is 5.54 Å². The minimum atomic E-state index is -1.18. The molecule has 28 heavy (non-hydrogen) atoms. The van der Waals surface area contributed by atoms with Gasteiger partial charge in [-0.05, 0) is 111 Å². The summed E-state index contributed by atoms with van der Waals surface area (Å²) in [5, 5.41) is 28.9. The number of aliphatic hydroxyl groups excluding tert-OH is 2. The number of nitrogens with two attached hydrogens (primary N) is 1. The Morgan fingerprint density at radius 3 is 2.29 bits per heavy atom. The van der Waals surface area contributed by atoms with E-state index in [9.17, 15) is 15.3 Å². The largest absolute Gasteiger partial charge is 0.393 e. The van der Waals surface area contributed by atoms with Gasteiger partial charge in [-0.3, -0.25) is 0 Å². The Kier molecular flexibility index (Phi) is 5.43. The molecule has 4 aliphatic rings. The molecule has 0 aliphatic heterocycles. The van der Waals surface area contributed by atoms with Crippen molar-refractivity contribution < 1.29 is 15.3 Å². The second-order valence-electron chi connectivity index (χ2n) is 11.7. The maximum Gasteiger partial charge on any atom is 0.151 e. The molecule has 5 N–H and O–H groups in total. The summed E-state index contributed by atoms with van der Waals surface area (Å²) >= 11 is 0. The molecule has 0 amide bonds. The summed E-state index contributed by atoms with van der Waals surface area (Å²) in [4.78, 5) is 0. The van der Waals surface area contributed by atoms with Crippen LogP contribution < -0.4 is 5.73 Å². The first-order chi connectivity index (χ1) is 13.1. The zero-order valence-corrected chi connectivity index (χ0v) is 18.2. The van der Waals surface area contributed by atoms with Crippen LogP contribution in [-0.4, -0.2) is 33.3 Å². The van der Waals surface area contributed by atoms with Gasteiger partial charge in [0.05, 0.1) is 6.10 Å². The van der Waals surface area contributed by atoms with E-state index in [1.54, 1.807) is 0 Å². The van der Waals surface area contributed by atoms with Gasteiger partial charge in [0.25, 0.3) is 0 Å². The fourth-order valence-electron chi connectivity index (χ4n) is 9.04. The summed E-state index contributed by atoms with van der Waals surface area (Å²) < 4.78 is 0. The van der Waals surface area contributed by atoms with E-state index in [4.69, 9.17) is 5.73 Å². The molecule has 4 fully saturated rings. The van der Waals surface area contributed by atoms with Crippen LogP contribution in [0.15, 0.2) is 0 Å². The molecule has 0 bridgehead atoms.